The van der Waals surface area contributed by atoms with Crippen molar-refractivity contribution in [2.45, 2.75) is 76.5 Å². The lowest BCUT2D eigenvalue weighted by Crippen LogP contribution is -2.64. The van der Waals surface area contributed by atoms with E-state index in [9.17, 15) is 19.5 Å². The zero-order valence-electron chi connectivity index (χ0n) is 17.8. The van der Waals surface area contributed by atoms with Crippen LogP contribution in [0.3, 0.4) is 0 Å². The number of nitrogens with one attached hydrogen (secondary N) is 1. The molecule has 0 spiro atoms. The van der Waals surface area contributed by atoms with Crippen LogP contribution in [0, 0.1) is 5.92 Å². The highest BCUT2D eigenvalue weighted by atomic mass is 16.5. The summed E-state index contributed by atoms with van der Waals surface area (Å²) in [6.07, 6.45) is 4.58. The molecule has 164 valence electrons. The second kappa shape index (κ2) is 10.1. The van der Waals surface area contributed by atoms with Crippen LogP contribution in [0.4, 0.5) is 0 Å². The van der Waals surface area contributed by atoms with Crippen molar-refractivity contribution in [3.63, 3.8) is 0 Å². The molecule has 1 aromatic carbocycles. The van der Waals surface area contributed by atoms with E-state index in [4.69, 9.17) is 4.74 Å². The van der Waals surface area contributed by atoms with Gasteiger partial charge in [0.05, 0.1) is 12.6 Å². The third-order valence-corrected chi connectivity index (χ3v) is 6.35. The molecule has 2 aliphatic heterocycles. The summed E-state index contributed by atoms with van der Waals surface area (Å²) in [5, 5.41) is 12.9. The van der Waals surface area contributed by atoms with E-state index in [1.807, 2.05) is 30.3 Å². The molecule has 7 nitrogen and oxygen atoms in total. The maximum atomic E-state index is 13.2. The van der Waals surface area contributed by atoms with Crippen molar-refractivity contribution in [1.29, 1.82) is 0 Å². The molecule has 2 heterocycles. The normalized spacial score (nSPS) is 24.9. The molecule has 0 unspecified atom stereocenters. The van der Waals surface area contributed by atoms with E-state index in [-0.39, 0.29) is 30.4 Å². The van der Waals surface area contributed by atoms with Crippen molar-refractivity contribution < 1.29 is 24.2 Å². The molecule has 4 rings (SSSR count). The molecule has 1 aliphatic carbocycles. The number of aliphatic carboxylic acids is 1. The van der Waals surface area contributed by atoms with E-state index in [2.05, 4.69) is 5.32 Å². The van der Waals surface area contributed by atoms with Crippen molar-refractivity contribution in [2.75, 3.05) is 6.61 Å². The fourth-order valence-corrected chi connectivity index (χ4v) is 4.85. The van der Waals surface area contributed by atoms with E-state index >= 15 is 0 Å². The maximum absolute atomic E-state index is 13.2. The Morgan fingerprint density at radius 2 is 1.83 bits per heavy atom. The first kappa shape index (κ1) is 22.3. The van der Waals surface area contributed by atoms with E-state index in [0.29, 0.717) is 12.8 Å². The van der Waals surface area contributed by atoms with Crippen LogP contribution in [0.15, 0.2) is 30.3 Å². The van der Waals surface area contributed by atoms with Gasteiger partial charge in [0.15, 0.2) is 0 Å². The zero-order valence-corrected chi connectivity index (χ0v) is 17.8. The second-order valence-electron chi connectivity index (χ2n) is 8.31. The smallest absolute Gasteiger partial charge is 0.326 e. The number of hydrogen-bond donors (Lipinski definition) is 2. The molecule has 2 bridgehead atoms. The van der Waals surface area contributed by atoms with Gasteiger partial charge in [0.25, 0.3) is 0 Å². The summed E-state index contributed by atoms with van der Waals surface area (Å²) in [6.45, 7) is 3.72. The number of amides is 1. The fraction of sp³-hybridized carbons (Fsp3) is 0.609. The number of rotatable bonds is 9. The largest absolute Gasteiger partial charge is 0.480 e. The minimum Gasteiger partial charge on any atom is -0.480 e. The lowest BCUT2D eigenvalue weighted by atomic mass is 9.74. The molecule has 2 N–H and O–H groups in total. The van der Waals surface area contributed by atoms with Gasteiger partial charge in [0.2, 0.25) is 5.91 Å². The van der Waals surface area contributed by atoms with Gasteiger partial charge in [0.1, 0.15) is 12.1 Å². The second-order valence-corrected chi connectivity index (χ2v) is 8.31. The molecule has 1 saturated carbocycles. The zero-order chi connectivity index (χ0) is 21.7. The number of carbonyl (C=O) groups excluding carboxylic acids is 2. The van der Waals surface area contributed by atoms with Crippen LogP contribution < -0.4 is 5.32 Å². The summed E-state index contributed by atoms with van der Waals surface area (Å²) in [5.41, 5.74) is 1.10. The SMILES string of the molecule is CCOC(=O)[C@@H](CCc1ccccc1)N[C@@H](C)C(=O)N1C2CCC(CC2)[C@H]1C(=O)O. The Bertz CT molecular complexity index is 745. The van der Waals surface area contributed by atoms with E-state index in [1.54, 1.807) is 18.7 Å². The summed E-state index contributed by atoms with van der Waals surface area (Å²) in [6, 6.07) is 7.74. The summed E-state index contributed by atoms with van der Waals surface area (Å²) in [4.78, 5) is 39.2. The molecule has 3 fully saturated rings. The summed E-state index contributed by atoms with van der Waals surface area (Å²) >= 11 is 0. The molecular weight excluding hydrogens is 384 g/mol. The van der Waals surface area contributed by atoms with Gasteiger partial charge in [-0.2, -0.15) is 0 Å². The van der Waals surface area contributed by atoms with Crippen molar-refractivity contribution in [3.05, 3.63) is 35.9 Å². The van der Waals surface area contributed by atoms with Gasteiger partial charge >= 0.3 is 11.9 Å². The number of ether oxygens (including phenoxy) is 1. The average Bonchev–Trinajstić information content (AvgIpc) is 2.76. The summed E-state index contributed by atoms with van der Waals surface area (Å²) in [7, 11) is 0. The highest BCUT2D eigenvalue weighted by Crippen LogP contribution is 2.40. The number of carbonyl (C=O) groups is 3. The van der Waals surface area contributed by atoms with Crippen LogP contribution in [-0.4, -0.2) is 58.6 Å². The Morgan fingerprint density at radius 1 is 1.17 bits per heavy atom. The standard InChI is InChI=1S/C23H32N2O5/c1-3-30-23(29)19(14-9-16-7-5-4-6-8-16)24-15(2)21(26)25-18-12-10-17(11-13-18)20(25)22(27)28/h4-8,15,17-20,24H,3,9-14H2,1-2H3,(H,27,28)/t15-,17?,18?,19+,20-/m0/s1. The number of esters is 1. The highest BCUT2D eigenvalue weighted by Gasteiger charge is 2.48. The molecule has 3 atom stereocenters. The number of piperidine rings is 2. The maximum Gasteiger partial charge on any atom is 0.326 e. The van der Waals surface area contributed by atoms with Crippen LogP contribution in [0.25, 0.3) is 0 Å². The van der Waals surface area contributed by atoms with Crippen LogP contribution >= 0.6 is 0 Å². The average molecular weight is 417 g/mol. The molecule has 0 aromatic heterocycles. The Balaban J connectivity index is 1.69. The Kier molecular flexibility index (Phi) is 7.48. The first-order valence-electron chi connectivity index (χ1n) is 10.9. The Labute approximate surface area is 177 Å². The summed E-state index contributed by atoms with van der Waals surface area (Å²) < 4.78 is 5.21. The van der Waals surface area contributed by atoms with Gasteiger partial charge in [-0.25, -0.2) is 4.79 Å². The molecular formula is C23H32N2O5. The van der Waals surface area contributed by atoms with Crippen LogP contribution in [0.1, 0.15) is 51.5 Å². The predicted molar refractivity (Wildman–Crippen MR) is 112 cm³/mol. The number of carboxylic acid groups (broad SMARTS) is 1. The van der Waals surface area contributed by atoms with E-state index < -0.39 is 24.1 Å². The van der Waals surface area contributed by atoms with Gasteiger partial charge in [-0.15, -0.1) is 0 Å². The molecule has 1 amide bonds. The predicted octanol–water partition coefficient (Wildman–Crippen LogP) is 2.38. The monoisotopic (exact) mass is 416 g/mol. The molecule has 2 saturated heterocycles. The van der Waals surface area contributed by atoms with E-state index in [1.165, 1.54) is 0 Å². The van der Waals surface area contributed by atoms with Gasteiger partial charge in [0, 0.05) is 6.04 Å². The molecule has 0 radical (unpaired) electrons. The lowest BCUT2D eigenvalue weighted by Gasteiger charge is -2.50. The third-order valence-electron chi connectivity index (χ3n) is 6.35. The number of carboxylic acids is 1. The van der Waals surface area contributed by atoms with Crippen LogP contribution in [-0.2, 0) is 25.5 Å². The minimum atomic E-state index is -0.934. The Morgan fingerprint density at radius 3 is 2.43 bits per heavy atom. The van der Waals surface area contributed by atoms with Gasteiger partial charge in [-0.3, -0.25) is 14.9 Å². The highest BCUT2D eigenvalue weighted by molar-refractivity contribution is 5.88. The first-order chi connectivity index (χ1) is 14.4. The van der Waals surface area contributed by atoms with Gasteiger partial charge in [-0.05, 0) is 63.9 Å². The van der Waals surface area contributed by atoms with Crippen LogP contribution in [0.2, 0.25) is 0 Å². The molecule has 30 heavy (non-hydrogen) atoms. The lowest BCUT2D eigenvalue weighted by molar-refractivity contribution is -0.164. The van der Waals surface area contributed by atoms with Gasteiger partial charge < -0.3 is 14.7 Å². The van der Waals surface area contributed by atoms with Crippen molar-refractivity contribution >= 4 is 17.8 Å². The van der Waals surface area contributed by atoms with Crippen molar-refractivity contribution in [2.24, 2.45) is 5.92 Å². The van der Waals surface area contributed by atoms with Crippen molar-refractivity contribution in [1.82, 2.24) is 10.2 Å². The Hall–Kier alpha value is -2.41. The summed E-state index contributed by atoms with van der Waals surface area (Å²) in [5.74, 6) is -1.55. The van der Waals surface area contributed by atoms with E-state index in [0.717, 1.165) is 31.2 Å². The fourth-order valence-electron chi connectivity index (χ4n) is 4.85. The minimum absolute atomic E-state index is 0.0163. The van der Waals surface area contributed by atoms with Crippen molar-refractivity contribution in [3.8, 4) is 0 Å². The van der Waals surface area contributed by atoms with Gasteiger partial charge in [-0.1, -0.05) is 30.3 Å². The number of hydrogen-bond acceptors (Lipinski definition) is 5. The quantitative estimate of drug-likeness (QED) is 0.600. The molecule has 1 aromatic rings. The number of fused-ring (bicyclic) bond motifs is 3. The number of benzene rings is 1. The molecule has 7 heteroatoms. The third kappa shape index (κ3) is 5.01. The molecule has 3 aliphatic rings. The first-order valence-corrected chi connectivity index (χ1v) is 10.9. The topological polar surface area (TPSA) is 95.9 Å². The number of nitrogens with zero attached hydrogens (tertiary/aromatic N) is 1. The van der Waals surface area contributed by atoms with Crippen LogP contribution in [0.5, 0.6) is 0 Å². The number of aryl methyl sites for hydroxylation is 1.